The molecular formula is C6H12NaO9P. The van der Waals surface area contributed by atoms with E-state index in [1.54, 1.807) is 0 Å². The van der Waals surface area contributed by atoms with Gasteiger partial charge in [0, 0.05) is 0 Å². The molecule has 0 aliphatic rings. The maximum absolute atomic E-state index is 10.7. The Hall–Kier alpha value is 0.620. The first kappa shape index (κ1) is 19.9. The number of ketones is 1. The number of hydrogen-bond acceptors (Lipinski definition) is 8. The normalized spacial score (nSPS) is 19.6. The Morgan fingerprint density at radius 1 is 1.35 bits per heavy atom. The van der Waals surface area contributed by atoms with Gasteiger partial charge in [0.25, 0.3) is 7.82 Å². The number of rotatable bonds is 7. The Morgan fingerprint density at radius 3 is 2.18 bits per heavy atom. The third-order valence-electron chi connectivity index (χ3n) is 1.61. The molecule has 1 unspecified atom stereocenters. The first-order valence-corrected chi connectivity index (χ1v) is 5.54. The number of phosphoric ester groups is 1. The molecule has 17 heavy (non-hydrogen) atoms. The van der Waals surface area contributed by atoms with Crippen LogP contribution in [0.1, 0.15) is 0 Å². The zero-order chi connectivity index (χ0) is 12.9. The fraction of sp³-hybridized carbons (Fsp3) is 0.833. The molecule has 0 radical (unpaired) electrons. The number of aliphatic hydroxyl groups is 4. The van der Waals surface area contributed by atoms with E-state index in [0.717, 1.165) is 0 Å². The molecule has 0 aromatic carbocycles. The summed E-state index contributed by atoms with van der Waals surface area (Å²) in [6.45, 7) is -2.08. The molecule has 0 aromatic heterocycles. The van der Waals surface area contributed by atoms with E-state index in [0.29, 0.717) is 0 Å². The summed E-state index contributed by atoms with van der Waals surface area (Å²) in [6.07, 6.45) is -6.03. The molecule has 0 bridgehead atoms. The van der Waals surface area contributed by atoms with Gasteiger partial charge in [0.15, 0.2) is 5.78 Å². The molecule has 0 amide bonds. The Morgan fingerprint density at radius 2 is 1.82 bits per heavy atom. The van der Waals surface area contributed by atoms with Crippen molar-refractivity contribution >= 4 is 13.6 Å². The molecule has 0 aliphatic heterocycles. The standard InChI is InChI=1S/C6H13O9P.Na/c7-1-3(8)5(10)6(11)4(9)2-15-16(12,13)14;/h4-7,9-11H,1-2H2,(H2,12,13,14);/q;+1/p-1/t4-,5-,6-;/m1./s1. The quantitative estimate of drug-likeness (QED) is 0.225. The van der Waals surface area contributed by atoms with Crippen LogP contribution in [0.15, 0.2) is 0 Å². The molecular weight excluding hydrogens is 270 g/mol. The Balaban J connectivity index is 0. The molecule has 0 aliphatic carbocycles. The van der Waals surface area contributed by atoms with Crippen molar-refractivity contribution in [1.29, 1.82) is 0 Å². The summed E-state index contributed by atoms with van der Waals surface area (Å²) in [7, 11) is -5.06. The molecule has 0 spiro atoms. The predicted molar refractivity (Wildman–Crippen MR) is 45.9 cm³/mol. The third-order valence-corrected chi connectivity index (χ3v) is 2.09. The number of phosphoric acid groups is 1. The topological polar surface area (TPSA) is 168 Å². The van der Waals surface area contributed by atoms with E-state index in [2.05, 4.69) is 4.52 Å². The smallest absolute Gasteiger partial charge is 0.756 e. The van der Waals surface area contributed by atoms with Crippen LogP contribution in [0.25, 0.3) is 0 Å². The summed E-state index contributed by atoms with van der Waals surface area (Å²) in [6, 6.07) is 0. The van der Waals surface area contributed by atoms with E-state index < -0.39 is 45.1 Å². The minimum atomic E-state index is -5.06. The van der Waals surface area contributed by atoms with Crippen molar-refractivity contribution < 1.29 is 73.7 Å². The van der Waals surface area contributed by atoms with Crippen LogP contribution in [0, 0.1) is 0 Å². The second-order valence-electron chi connectivity index (χ2n) is 2.89. The molecule has 0 heterocycles. The monoisotopic (exact) mass is 282 g/mol. The van der Waals surface area contributed by atoms with E-state index in [1.807, 2.05) is 0 Å². The van der Waals surface area contributed by atoms with Crippen LogP contribution in [0.5, 0.6) is 0 Å². The van der Waals surface area contributed by atoms with E-state index >= 15 is 0 Å². The number of hydrogen-bond donors (Lipinski definition) is 5. The third kappa shape index (κ3) is 8.36. The van der Waals surface area contributed by atoms with Crippen molar-refractivity contribution in [3.8, 4) is 0 Å². The van der Waals surface area contributed by atoms with Gasteiger partial charge in [-0.1, -0.05) is 0 Å². The Bertz CT molecular complexity index is 279. The molecule has 0 saturated heterocycles. The molecule has 11 heteroatoms. The second kappa shape index (κ2) is 8.68. The van der Waals surface area contributed by atoms with Gasteiger partial charge in [-0.2, -0.15) is 0 Å². The first-order chi connectivity index (χ1) is 7.19. The van der Waals surface area contributed by atoms with Gasteiger partial charge < -0.3 is 34.7 Å². The molecule has 96 valence electrons. The van der Waals surface area contributed by atoms with Gasteiger partial charge in [0.2, 0.25) is 0 Å². The van der Waals surface area contributed by atoms with Gasteiger partial charge in [0.05, 0.1) is 6.61 Å². The predicted octanol–water partition coefficient (Wildman–Crippen LogP) is -6.89. The molecule has 9 nitrogen and oxygen atoms in total. The van der Waals surface area contributed by atoms with Crippen LogP contribution in [0.2, 0.25) is 0 Å². The van der Waals surface area contributed by atoms with Crippen molar-refractivity contribution in [1.82, 2.24) is 0 Å². The second-order valence-corrected chi connectivity index (χ2v) is 4.09. The van der Waals surface area contributed by atoms with Crippen LogP contribution >= 0.6 is 7.82 Å². The van der Waals surface area contributed by atoms with Crippen LogP contribution in [-0.2, 0) is 13.9 Å². The van der Waals surface area contributed by atoms with Crippen molar-refractivity contribution in [2.45, 2.75) is 18.3 Å². The fourth-order valence-corrected chi connectivity index (χ4v) is 1.10. The van der Waals surface area contributed by atoms with Gasteiger partial charge in [0.1, 0.15) is 24.9 Å². The minimum absolute atomic E-state index is 0. The molecule has 4 atom stereocenters. The van der Waals surface area contributed by atoms with Gasteiger partial charge >= 0.3 is 29.6 Å². The van der Waals surface area contributed by atoms with Crippen LogP contribution in [0.4, 0.5) is 0 Å². The zero-order valence-electron chi connectivity index (χ0n) is 8.96. The van der Waals surface area contributed by atoms with E-state index in [1.165, 1.54) is 0 Å². The van der Waals surface area contributed by atoms with Gasteiger partial charge in [-0.05, 0) is 0 Å². The Kier molecular flexibility index (Phi) is 10.2. The molecule has 0 saturated carbocycles. The largest absolute Gasteiger partial charge is 1.00 e. The summed E-state index contributed by atoms with van der Waals surface area (Å²) >= 11 is 0. The van der Waals surface area contributed by atoms with Gasteiger partial charge in [-0.3, -0.25) is 9.36 Å². The maximum atomic E-state index is 10.7. The zero-order valence-corrected chi connectivity index (χ0v) is 11.9. The van der Waals surface area contributed by atoms with Crippen molar-refractivity contribution in [3.63, 3.8) is 0 Å². The van der Waals surface area contributed by atoms with E-state index in [4.69, 9.17) is 25.3 Å². The van der Waals surface area contributed by atoms with Crippen LogP contribution in [0.3, 0.4) is 0 Å². The number of carbonyl (C=O) groups is 1. The summed E-state index contributed by atoms with van der Waals surface area (Å²) in [5, 5.41) is 35.5. The van der Waals surface area contributed by atoms with Crippen LogP contribution < -0.4 is 34.5 Å². The van der Waals surface area contributed by atoms with Crippen molar-refractivity contribution in [3.05, 3.63) is 0 Å². The van der Waals surface area contributed by atoms with Crippen LogP contribution in [-0.4, -0.2) is 62.6 Å². The average Bonchev–Trinajstić information content (AvgIpc) is 2.21. The van der Waals surface area contributed by atoms with E-state index in [-0.39, 0.29) is 29.6 Å². The minimum Gasteiger partial charge on any atom is -0.756 e. The number of Topliss-reactive ketones (excluding diaryl/α,β-unsaturated/α-hetero) is 1. The average molecular weight is 282 g/mol. The fourth-order valence-electron chi connectivity index (χ4n) is 0.764. The van der Waals surface area contributed by atoms with Gasteiger partial charge in [-0.25, -0.2) is 0 Å². The summed E-state index contributed by atoms with van der Waals surface area (Å²) in [5.41, 5.74) is 0. The molecule has 5 N–H and O–H groups in total. The van der Waals surface area contributed by atoms with Gasteiger partial charge in [-0.15, -0.1) is 0 Å². The SMILES string of the molecule is O=C(CO)[C@@H](O)[C@H](O)[C@H](O)COP(=O)([O-])O.[Na+]. The Labute approximate surface area is 119 Å². The summed E-state index contributed by atoms with van der Waals surface area (Å²) in [5.74, 6) is -1.15. The van der Waals surface area contributed by atoms with Crippen molar-refractivity contribution in [2.24, 2.45) is 0 Å². The molecule has 0 rings (SSSR count). The summed E-state index contributed by atoms with van der Waals surface area (Å²) in [4.78, 5) is 29.0. The summed E-state index contributed by atoms with van der Waals surface area (Å²) < 4.78 is 13.9. The maximum Gasteiger partial charge on any atom is 1.00 e. The van der Waals surface area contributed by atoms with Crippen molar-refractivity contribution in [2.75, 3.05) is 13.2 Å². The number of carbonyl (C=O) groups excluding carboxylic acids is 1. The molecule has 0 aromatic rings. The van der Waals surface area contributed by atoms with E-state index in [9.17, 15) is 14.3 Å². The molecule has 0 fully saturated rings. The first-order valence-electron chi connectivity index (χ1n) is 4.05. The number of aliphatic hydroxyl groups excluding tert-OH is 4.